The molecule has 0 saturated heterocycles. The number of carbonyl (C=O) groups excluding carboxylic acids is 2. The van der Waals surface area contributed by atoms with Crippen LogP contribution in [0.25, 0.3) is 0 Å². The second kappa shape index (κ2) is 6.40. The average Bonchev–Trinajstić information content (AvgIpc) is 2.36. The number of hydrogen-bond acceptors (Lipinski definition) is 3. The largest absolute Gasteiger partial charge is 0.348 e. The van der Waals surface area contributed by atoms with E-state index in [1.807, 2.05) is 19.9 Å². The first-order valence-electron chi connectivity index (χ1n) is 5.63. The fourth-order valence-electron chi connectivity index (χ4n) is 1.25. The number of para-hydroxylation sites is 1. The molecule has 0 atom stereocenters. The topological polar surface area (TPSA) is 82.0 Å². The number of nitriles is 1. The Balaban J connectivity index is 2.65. The Morgan fingerprint density at radius 1 is 1.28 bits per heavy atom. The van der Waals surface area contributed by atoms with Crippen molar-refractivity contribution in [2.45, 2.75) is 13.8 Å². The predicted molar refractivity (Wildman–Crippen MR) is 67.6 cm³/mol. The van der Waals surface area contributed by atoms with Crippen LogP contribution in [0.4, 0.5) is 5.69 Å². The summed E-state index contributed by atoms with van der Waals surface area (Å²) in [5, 5.41) is 13.8. The molecule has 0 saturated carbocycles. The molecule has 1 aromatic carbocycles. The van der Waals surface area contributed by atoms with Crippen molar-refractivity contribution in [2.24, 2.45) is 5.92 Å². The molecular formula is C13H15N3O2. The monoisotopic (exact) mass is 245 g/mol. The Morgan fingerprint density at radius 2 is 1.94 bits per heavy atom. The molecule has 5 heteroatoms. The van der Waals surface area contributed by atoms with Crippen LogP contribution in [0, 0.1) is 17.2 Å². The van der Waals surface area contributed by atoms with Crippen molar-refractivity contribution in [1.29, 1.82) is 5.26 Å². The average molecular weight is 245 g/mol. The standard InChI is InChI=1S/C13H15N3O2/c1-9(2)8-15-12(17)13(18)16-11-6-4-3-5-10(11)7-14/h3-6,9H,8H2,1-2H3,(H,15,17)(H,16,18). The first kappa shape index (κ1) is 13.7. The first-order valence-corrected chi connectivity index (χ1v) is 5.63. The van der Waals surface area contributed by atoms with E-state index < -0.39 is 11.8 Å². The van der Waals surface area contributed by atoms with Crippen molar-refractivity contribution in [3.8, 4) is 6.07 Å². The van der Waals surface area contributed by atoms with E-state index in [1.54, 1.807) is 24.3 Å². The Labute approximate surface area is 106 Å². The molecule has 0 aliphatic rings. The molecule has 0 unspecified atom stereocenters. The number of rotatable bonds is 3. The molecule has 94 valence electrons. The minimum absolute atomic E-state index is 0.271. The van der Waals surface area contributed by atoms with Crippen LogP contribution in [-0.2, 0) is 9.59 Å². The second-order valence-corrected chi connectivity index (χ2v) is 4.22. The van der Waals surface area contributed by atoms with Crippen molar-refractivity contribution in [3.05, 3.63) is 29.8 Å². The van der Waals surface area contributed by atoms with Gasteiger partial charge in [-0.05, 0) is 18.1 Å². The highest BCUT2D eigenvalue weighted by Gasteiger charge is 2.14. The molecule has 0 heterocycles. The summed E-state index contributed by atoms with van der Waals surface area (Å²) in [5.74, 6) is -1.19. The molecule has 2 N–H and O–H groups in total. The van der Waals surface area contributed by atoms with Crippen molar-refractivity contribution < 1.29 is 9.59 Å². The normalized spacial score (nSPS) is 9.67. The summed E-state index contributed by atoms with van der Waals surface area (Å²) in [5.41, 5.74) is 0.659. The molecule has 0 aliphatic carbocycles. The smallest absolute Gasteiger partial charge is 0.313 e. The van der Waals surface area contributed by atoms with E-state index in [2.05, 4.69) is 10.6 Å². The highest BCUT2D eigenvalue weighted by Crippen LogP contribution is 2.13. The summed E-state index contributed by atoms with van der Waals surface area (Å²) >= 11 is 0. The van der Waals surface area contributed by atoms with Crippen LogP contribution in [0.3, 0.4) is 0 Å². The van der Waals surface area contributed by atoms with Gasteiger partial charge in [-0.1, -0.05) is 26.0 Å². The Bertz CT molecular complexity index is 489. The van der Waals surface area contributed by atoms with Gasteiger partial charge in [0.25, 0.3) is 0 Å². The minimum Gasteiger partial charge on any atom is -0.348 e. The zero-order chi connectivity index (χ0) is 13.5. The van der Waals surface area contributed by atoms with Gasteiger partial charge in [0.2, 0.25) is 0 Å². The third-order valence-electron chi connectivity index (χ3n) is 2.17. The van der Waals surface area contributed by atoms with Gasteiger partial charge in [0.1, 0.15) is 6.07 Å². The SMILES string of the molecule is CC(C)CNC(=O)C(=O)Nc1ccccc1C#N. The lowest BCUT2D eigenvalue weighted by molar-refractivity contribution is -0.136. The number of amides is 2. The van der Waals surface area contributed by atoms with Gasteiger partial charge in [-0.15, -0.1) is 0 Å². The molecule has 1 aromatic rings. The molecule has 18 heavy (non-hydrogen) atoms. The predicted octanol–water partition coefficient (Wildman–Crippen LogP) is 1.27. The van der Waals surface area contributed by atoms with E-state index in [0.717, 1.165) is 0 Å². The number of benzene rings is 1. The maximum atomic E-state index is 11.6. The zero-order valence-corrected chi connectivity index (χ0v) is 10.4. The Morgan fingerprint density at radius 3 is 2.56 bits per heavy atom. The summed E-state index contributed by atoms with van der Waals surface area (Å²) < 4.78 is 0. The van der Waals surface area contributed by atoms with Crippen LogP contribution in [0.2, 0.25) is 0 Å². The third-order valence-corrected chi connectivity index (χ3v) is 2.17. The molecule has 2 amide bonds. The van der Waals surface area contributed by atoms with Gasteiger partial charge in [-0.2, -0.15) is 5.26 Å². The molecule has 5 nitrogen and oxygen atoms in total. The molecule has 0 radical (unpaired) electrons. The van der Waals surface area contributed by atoms with Gasteiger partial charge in [0.05, 0.1) is 11.3 Å². The van der Waals surface area contributed by atoms with Crippen LogP contribution in [0.15, 0.2) is 24.3 Å². The van der Waals surface area contributed by atoms with Gasteiger partial charge in [0.15, 0.2) is 0 Å². The summed E-state index contributed by atoms with van der Waals surface area (Å²) in [4.78, 5) is 23.0. The van der Waals surface area contributed by atoms with Crippen LogP contribution in [-0.4, -0.2) is 18.4 Å². The molecule has 0 spiro atoms. The van der Waals surface area contributed by atoms with Gasteiger partial charge in [-0.3, -0.25) is 9.59 Å². The van der Waals surface area contributed by atoms with Gasteiger partial charge in [-0.25, -0.2) is 0 Å². The van der Waals surface area contributed by atoms with Crippen LogP contribution in [0.5, 0.6) is 0 Å². The fourth-order valence-corrected chi connectivity index (χ4v) is 1.25. The molecule has 0 aromatic heterocycles. The number of nitrogens with zero attached hydrogens (tertiary/aromatic N) is 1. The summed E-state index contributed by atoms with van der Waals surface area (Å²) in [6.45, 7) is 4.30. The fraction of sp³-hybridized carbons (Fsp3) is 0.308. The van der Waals surface area contributed by atoms with Gasteiger partial charge < -0.3 is 10.6 Å². The molecule has 0 bridgehead atoms. The van der Waals surface area contributed by atoms with E-state index in [-0.39, 0.29) is 5.92 Å². The summed E-state index contributed by atoms with van der Waals surface area (Å²) in [6, 6.07) is 8.46. The molecule has 1 rings (SSSR count). The number of nitrogens with one attached hydrogen (secondary N) is 2. The van der Waals surface area contributed by atoms with Crippen molar-refractivity contribution in [2.75, 3.05) is 11.9 Å². The van der Waals surface area contributed by atoms with Crippen LogP contribution < -0.4 is 10.6 Å². The van der Waals surface area contributed by atoms with Crippen molar-refractivity contribution in [3.63, 3.8) is 0 Å². The zero-order valence-electron chi connectivity index (χ0n) is 10.4. The lowest BCUT2D eigenvalue weighted by Crippen LogP contribution is -2.37. The molecule has 0 fully saturated rings. The third kappa shape index (κ3) is 3.91. The quantitative estimate of drug-likeness (QED) is 0.787. The minimum atomic E-state index is -0.765. The number of hydrogen-bond donors (Lipinski definition) is 2. The lowest BCUT2D eigenvalue weighted by atomic mass is 10.2. The van der Waals surface area contributed by atoms with Crippen LogP contribution in [0.1, 0.15) is 19.4 Å². The van der Waals surface area contributed by atoms with Crippen molar-refractivity contribution in [1.82, 2.24) is 5.32 Å². The molecular weight excluding hydrogens is 230 g/mol. The van der Waals surface area contributed by atoms with Gasteiger partial charge >= 0.3 is 11.8 Å². The van der Waals surface area contributed by atoms with E-state index in [0.29, 0.717) is 17.8 Å². The maximum absolute atomic E-state index is 11.6. The first-order chi connectivity index (χ1) is 8.54. The lowest BCUT2D eigenvalue weighted by Gasteiger charge is -2.08. The second-order valence-electron chi connectivity index (χ2n) is 4.22. The molecule has 0 aliphatic heterocycles. The van der Waals surface area contributed by atoms with E-state index >= 15 is 0 Å². The van der Waals surface area contributed by atoms with E-state index in [1.165, 1.54) is 0 Å². The van der Waals surface area contributed by atoms with Crippen molar-refractivity contribution >= 4 is 17.5 Å². The van der Waals surface area contributed by atoms with Gasteiger partial charge in [0, 0.05) is 6.54 Å². The van der Waals surface area contributed by atoms with E-state index in [4.69, 9.17) is 5.26 Å². The maximum Gasteiger partial charge on any atom is 0.313 e. The summed E-state index contributed by atoms with van der Waals surface area (Å²) in [6.07, 6.45) is 0. The number of anilines is 1. The Hall–Kier alpha value is -2.35. The highest BCUT2D eigenvalue weighted by atomic mass is 16.2. The number of carbonyl (C=O) groups is 2. The van der Waals surface area contributed by atoms with Crippen LogP contribution >= 0.6 is 0 Å². The van der Waals surface area contributed by atoms with E-state index in [9.17, 15) is 9.59 Å². The Kier molecular flexibility index (Phi) is 4.88. The summed E-state index contributed by atoms with van der Waals surface area (Å²) in [7, 11) is 0. The highest BCUT2D eigenvalue weighted by molar-refractivity contribution is 6.39.